The highest BCUT2D eigenvalue weighted by Gasteiger charge is 2.16. The Morgan fingerprint density at radius 3 is 2.59 bits per heavy atom. The van der Waals surface area contributed by atoms with Gasteiger partial charge in [0.05, 0.1) is 0 Å². The molecule has 2 heterocycles. The van der Waals surface area contributed by atoms with Crippen LogP contribution in [0.25, 0.3) is 12.2 Å². The van der Waals surface area contributed by atoms with Crippen molar-refractivity contribution in [1.82, 2.24) is 14.5 Å². The molecule has 176 valence electrons. The number of hydrogen-bond donors (Lipinski definition) is 1. The number of hydrogen-bond acceptors (Lipinski definition) is 7. The fraction of sp³-hybridized carbons (Fsp3) is 0.231. The van der Waals surface area contributed by atoms with Gasteiger partial charge in [0, 0.05) is 25.6 Å². The van der Waals surface area contributed by atoms with E-state index in [2.05, 4.69) is 4.98 Å². The molecule has 4 aromatic rings. The lowest BCUT2D eigenvalue weighted by Crippen LogP contribution is -2.23. The van der Waals surface area contributed by atoms with E-state index in [0.29, 0.717) is 36.8 Å². The molecule has 4 rings (SSSR count). The smallest absolute Gasteiger partial charge is 0.422 e. The first kappa shape index (κ1) is 23.1. The summed E-state index contributed by atoms with van der Waals surface area (Å²) in [6.45, 7) is 1.25. The molecule has 0 fully saturated rings. The van der Waals surface area contributed by atoms with Crippen LogP contribution in [0.15, 0.2) is 74.5 Å². The Labute approximate surface area is 197 Å². The Morgan fingerprint density at radius 2 is 1.85 bits per heavy atom. The van der Waals surface area contributed by atoms with Gasteiger partial charge >= 0.3 is 5.76 Å². The molecule has 0 unspecified atom stereocenters. The number of nitrogens with zero attached hydrogens (tertiary/aromatic N) is 3. The maximum atomic E-state index is 12.0. The Balaban J connectivity index is 1.32. The molecule has 0 aliphatic rings. The first-order chi connectivity index (χ1) is 16.5. The monoisotopic (exact) mass is 461 g/mol. The van der Waals surface area contributed by atoms with E-state index in [1.54, 1.807) is 6.26 Å². The fourth-order valence-electron chi connectivity index (χ4n) is 3.30. The van der Waals surface area contributed by atoms with Crippen molar-refractivity contribution in [3.63, 3.8) is 0 Å². The molecule has 2 aromatic carbocycles. The van der Waals surface area contributed by atoms with Gasteiger partial charge in [0.2, 0.25) is 11.8 Å². The molecule has 2 aromatic heterocycles. The second-order valence-electron chi connectivity index (χ2n) is 8.10. The lowest BCUT2D eigenvalue weighted by Gasteiger charge is -2.09. The highest BCUT2D eigenvalue weighted by molar-refractivity contribution is 5.65. The van der Waals surface area contributed by atoms with E-state index in [1.165, 1.54) is 4.57 Å². The molecule has 34 heavy (non-hydrogen) atoms. The van der Waals surface area contributed by atoms with Crippen LogP contribution in [0.1, 0.15) is 28.5 Å². The van der Waals surface area contributed by atoms with E-state index in [9.17, 15) is 9.90 Å². The quantitative estimate of drug-likeness (QED) is 0.381. The molecular formula is C26H27N3O5. The lowest BCUT2D eigenvalue weighted by molar-refractivity contribution is 0.301. The Kier molecular flexibility index (Phi) is 7.29. The number of oxazole rings is 2. The maximum Gasteiger partial charge on any atom is 0.422 e. The molecule has 0 aliphatic heterocycles. The van der Waals surface area contributed by atoms with Crippen LogP contribution >= 0.6 is 0 Å². The second-order valence-corrected chi connectivity index (χ2v) is 8.10. The molecule has 0 spiro atoms. The minimum Gasteiger partial charge on any atom is -0.492 e. The lowest BCUT2D eigenvalue weighted by atomic mass is 10.1. The predicted octanol–water partition coefficient (Wildman–Crippen LogP) is 4.04. The third-order valence-electron chi connectivity index (χ3n) is 5.17. The van der Waals surface area contributed by atoms with Gasteiger partial charge in [-0.15, -0.1) is 0 Å². The Bertz CT molecular complexity index is 1280. The molecule has 1 N–H and O–H groups in total. The van der Waals surface area contributed by atoms with E-state index in [0.717, 1.165) is 11.1 Å². The Morgan fingerprint density at radius 1 is 1.09 bits per heavy atom. The van der Waals surface area contributed by atoms with Crippen LogP contribution in [0.4, 0.5) is 0 Å². The summed E-state index contributed by atoms with van der Waals surface area (Å²) < 4.78 is 17.8. The van der Waals surface area contributed by atoms with Crippen LogP contribution in [0.5, 0.6) is 11.6 Å². The molecule has 0 radical (unpaired) electrons. The van der Waals surface area contributed by atoms with Gasteiger partial charge in [-0.05, 0) is 43.4 Å². The molecule has 0 amide bonds. The summed E-state index contributed by atoms with van der Waals surface area (Å²) in [4.78, 5) is 18.4. The van der Waals surface area contributed by atoms with Crippen LogP contribution < -0.4 is 10.5 Å². The van der Waals surface area contributed by atoms with E-state index >= 15 is 0 Å². The van der Waals surface area contributed by atoms with Crippen molar-refractivity contribution in [1.29, 1.82) is 0 Å². The molecule has 0 atom stereocenters. The largest absolute Gasteiger partial charge is 0.492 e. The van der Waals surface area contributed by atoms with E-state index < -0.39 is 5.76 Å². The van der Waals surface area contributed by atoms with Gasteiger partial charge in [-0.3, -0.25) is 0 Å². The van der Waals surface area contributed by atoms with Gasteiger partial charge in [-0.1, -0.05) is 42.5 Å². The van der Waals surface area contributed by atoms with E-state index in [-0.39, 0.29) is 18.2 Å². The number of benzene rings is 2. The minimum atomic E-state index is -0.556. The number of likely N-dealkylation sites (N-methyl/N-ethyl adjacent to an activating group) is 1. The maximum absolute atomic E-state index is 12.0. The predicted molar refractivity (Wildman–Crippen MR) is 129 cm³/mol. The van der Waals surface area contributed by atoms with Gasteiger partial charge in [-0.25, -0.2) is 14.3 Å². The minimum absolute atomic E-state index is 0.129. The summed E-state index contributed by atoms with van der Waals surface area (Å²) in [5, 5.41) is 10.4. The molecule has 0 saturated carbocycles. The van der Waals surface area contributed by atoms with Gasteiger partial charge < -0.3 is 23.6 Å². The summed E-state index contributed by atoms with van der Waals surface area (Å²) in [7, 11) is 3.80. The molecule has 0 bridgehead atoms. The van der Waals surface area contributed by atoms with Crippen molar-refractivity contribution in [3.05, 3.63) is 99.9 Å². The van der Waals surface area contributed by atoms with Crippen molar-refractivity contribution in [2.45, 2.75) is 19.6 Å². The molecule has 0 saturated heterocycles. The third-order valence-corrected chi connectivity index (χ3v) is 5.17. The normalized spacial score (nSPS) is 11.5. The number of ether oxygens (including phenoxy) is 1. The SMILES string of the molecule is CN(C)CCn1c(O)c(Cc2ccc(OCc3coc(C=Cc4ccccc4)n3)cc2)oc1=O. The molecule has 0 aliphatic carbocycles. The summed E-state index contributed by atoms with van der Waals surface area (Å²) in [6, 6.07) is 17.3. The number of aromatic hydroxyl groups is 1. The number of rotatable bonds is 10. The standard InChI is InChI=1S/C26H27N3O5/c1-28(2)14-15-29-25(30)23(34-26(29)31)16-20-8-11-22(12-9-20)32-17-21-18-33-24(27-21)13-10-19-6-4-3-5-7-19/h3-13,18,30H,14-17H2,1-2H3. The summed E-state index contributed by atoms with van der Waals surface area (Å²) in [6.07, 6.45) is 5.63. The number of aromatic nitrogens is 2. The average molecular weight is 462 g/mol. The topological polar surface area (TPSA) is 93.9 Å². The third kappa shape index (κ3) is 6.05. The van der Waals surface area contributed by atoms with Crippen LogP contribution in [0.2, 0.25) is 0 Å². The van der Waals surface area contributed by atoms with Crippen molar-refractivity contribution in [3.8, 4) is 11.6 Å². The van der Waals surface area contributed by atoms with Crippen LogP contribution in [0, 0.1) is 0 Å². The molecule has 8 heteroatoms. The zero-order valence-electron chi connectivity index (χ0n) is 19.2. The molecular weight excluding hydrogens is 434 g/mol. The van der Waals surface area contributed by atoms with E-state index in [1.807, 2.05) is 85.7 Å². The van der Waals surface area contributed by atoms with Crippen molar-refractivity contribution < 1.29 is 18.7 Å². The first-order valence-electron chi connectivity index (χ1n) is 10.9. The summed E-state index contributed by atoms with van der Waals surface area (Å²) in [5.74, 6) is 0.741. The fourth-order valence-corrected chi connectivity index (χ4v) is 3.30. The van der Waals surface area contributed by atoms with Crippen molar-refractivity contribution in [2.75, 3.05) is 20.6 Å². The average Bonchev–Trinajstić information content (AvgIpc) is 3.40. The van der Waals surface area contributed by atoms with Crippen molar-refractivity contribution >= 4 is 12.2 Å². The Hall–Kier alpha value is -4.04. The zero-order valence-corrected chi connectivity index (χ0v) is 19.2. The van der Waals surface area contributed by atoms with Gasteiger partial charge in [0.1, 0.15) is 24.3 Å². The van der Waals surface area contributed by atoms with Gasteiger partial charge in [0.25, 0.3) is 0 Å². The van der Waals surface area contributed by atoms with E-state index in [4.69, 9.17) is 13.6 Å². The highest BCUT2D eigenvalue weighted by Crippen LogP contribution is 2.21. The zero-order chi connectivity index (χ0) is 23.9. The van der Waals surface area contributed by atoms with Gasteiger partial charge in [0.15, 0.2) is 5.76 Å². The second kappa shape index (κ2) is 10.7. The van der Waals surface area contributed by atoms with Gasteiger partial charge in [-0.2, -0.15) is 0 Å². The summed E-state index contributed by atoms with van der Waals surface area (Å²) >= 11 is 0. The highest BCUT2D eigenvalue weighted by atomic mass is 16.5. The van der Waals surface area contributed by atoms with Crippen LogP contribution in [-0.4, -0.2) is 40.2 Å². The first-order valence-corrected chi connectivity index (χ1v) is 10.9. The van der Waals surface area contributed by atoms with Crippen LogP contribution in [0.3, 0.4) is 0 Å². The van der Waals surface area contributed by atoms with Crippen LogP contribution in [-0.2, 0) is 19.6 Å². The molecule has 8 nitrogen and oxygen atoms in total. The van der Waals surface area contributed by atoms with Crippen molar-refractivity contribution in [2.24, 2.45) is 0 Å². The summed E-state index contributed by atoms with van der Waals surface area (Å²) in [5.41, 5.74) is 2.63.